The molecule has 6 nitrogen and oxygen atoms in total. The Morgan fingerprint density at radius 3 is 2.68 bits per heavy atom. The first-order valence-electron chi connectivity index (χ1n) is 12.0. The molecule has 1 amide bonds. The van der Waals surface area contributed by atoms with Gasteiger partial charge in [0.05, 0.1) is 45.8 Å². The van der Waals surface area contributed by atoms with Crippen LogP contribution in [0.1, 0.15) is 40.4 Å². The van der Waals surface area contributed by atoms with Gasteiger partial charge in [0.1, 0.15) is 16.8 Å². The number of hydrogen-bond acceptors (Lipinski definition) is 5. The average molecular weight is 550 g/mol. The lowest BCUT2D eigenvalue weighted by Gasteiger charge is -2.25. The highest BCUT2D eigenvalue weighted by atomic mass is 35.5. The maximum atomic E-state index is 15.6. The number of nitrogens with zero attached hydrogens (tertiary/aromatic N) is 5. The van der Waals surface area contributed by atoms with Crippen molar-refractivity contribution < 1.29 is 13.6 Å². The van der Waals surface area contributed by atoms with Gasteiger partial charge in [-0.1, -0.05) is 11.6 Å². The number of pyridine rings is 2. The smallest absolute Gasteiger partial charge is 0.260 e. The third-order valence-corrected chi connectivity index (χ3v) is 7.85. The summed E-state index contributed by atoms with van der Waals surface area (Å²) >= 11 is 7.71. The molecule has 0 radical (unpaired) electrons. The summed E-state index contributed by atoms with van der Waals surface area (Å²) in [5.41, 5.74) is 3.29. The molecule has 1 saturated carbocycles. The van der Waals surface area contributed by atoms with E-state index < -0.39 is 11.6 Å². The van der Waals surface area contributed by atoms with E-state index in [9.17, 15) is 9.18 Å². The molecule has 10 heteroatoms. The third kappa shape index (κ3) is 4.39. The summed E-state index contributed by atoms with van der Waals surface area (Å²) in [6.45, 7) is 0.0258. The number of amides is 1. The van der Waals surface area contributed by atoms with Gasteiger partial charge in [0.2, 0.25) is 0 Å². The van der Waals surface area contributed by atoms with Gasteiger partial charge < -0.3 is 4.90 Å². The summed E-state index contributed by atoms with van der Waals surface area (Å²) in [6.07, 6.45) is 7.16. The van der Waals surface area contributed by atoms with Crippen molar-refractivity contribution in [1.29, 1.82) is 0 Å². The molecule has 0 N–H and O–H groups in total. The first-order chi connectivity index (χ1) is 18.3. The number of aryl methyl sites for hydroxylation is 1. The number of fused-ring (bicyclic) bond motifs is 3. The molecule has 6 rings (SSSR count). The second-order valence-corrected chi connectivity index (χ2v) is 10.6. The summed E-state index contributed by atoms with van der Waals surface area (Å²) < 4.78 is 31.2. The van der Waals surface area contributed by atoms with Crippen LogP contribution in [-0.4, -0.2) is 31.9 Å². The van der Waals surface area contributed by atoms with E-state index in [1.165, 1.54) is 34.9 Å². The van der Waals surface area contributed by atoms with Crippen LogP contribution >= 0.6 is 23.4 Å². The van der Waals surface area contributed by atoms with Crippen molar-refractivity contribution in [2.24, 2.45) is 7.05 Å². The number of aromatic nitrogens is 4. The Morgan fingerprint density at radius 2 is 1.97 bits per heavy atom. The van der Waals surface area contributed by atoms with Crippen LogP contribution in [0.2, 0.25) is 5.15 Å². The zero-order valence-corrected chi connectivity index (χ0v) is 22.2. The molecule has 1 aliphatic carbocycles. The molecule has 0 unspecified atom stereocenters. The van der Waals surface area contributed by atoms with Crippen LogP contribution in [0.15, 0.2) is 59.8 Å². The number of carbonyl (C=O) groups is 1. The highest BCUT2D eigenvalue weighted by Crippen LogP contribution is 2.39. The van der Waals surface area contributed by atoms with E-state index in [0.717, 1.165) is 18.5 Å². The van der Waals surface area contributed by atoms with Crippen molar-refractivity contribution in [3.05, 3.63) is 88.5 Å². The van der Waals surface area contributed by atoms with Gasteiger partial charge in [-0.3, -0.25) is 14.5 Å². The molecule has 0 bridgehead atoms. The molecule has 3 heterocycles. The van der Waals surface area contributed by atoms with Crippen LogP contribution in [0.25, 0.3) is 21.8 Å². The molecule has 3 aromatic heterocycles. The fraction of sp³-hybridized carbons (Fsp3) is 0.214. The van der Waals surface area contributed by atoms with Gasteiger partial charge in [-0.25, -0.2) is 13.8 Å². The zero-order chi connectivity index (χ0) is 26.6. The van der Waals surface area contributed by atoms with Crippen LogP contribution in [0.4, 0.5) is 14.5 Å². The summed E-state index contributed by atoms with van der Waals surface area (Å²) in [7, 11) is 1.72. The first kappa shape index (κ1) is 24.8. The Kier molecular flexibility index (Phi) is 6.28. The minimum Gasteiger partial charge on any atom is -0.303 e. The number of hydrogen-bond donors (Lipinski definition) is 0. The van der Waals surface area contributed by atoms with Crippen LogP contribution in [-0.2, 0) is 13.6 Å². The lowest BCUT2D eigenvalue weighted by Crippen LogP contribution is -2.31. The van der Waals surface area contributed by atoms with Crippen LogP contribution < -0.4 is 4.90 Å². The fourth-order valence-electron chi connectivity index (χ4n) is 4.74. The number of benzene rings is 2. The Balaban J connectivity index is 1.45. The predicted octanol–water partition coefficient (Wildman–Crippen LogP) is 6.89. The highest BCUT2D eigenvalue weighted by molar-refractivity contribution is 7.98. The van der Waals surface area contributed by atoms with Crippen LogP contribution in [0.3, 0.4) is 0 Å². The molecule has 0 spiro atoms. The largest absolute Gasteiger partial charge is 0.303 e. The van der Waals surface area contributed by atoms with E-state index in [0.29, 0.717) is 49.4 Å². The average Bonchev–Trinajstić information content (AvgIpc) is 3.69. The van der Waals surface area contributed by atoms with Crippen molar-refractivity contribution in [2.75, 3.05) is 11.2 Å². The molecule has 5 aromatic rings. The Hall–Kier alpha value is -3.56. The molecule has 0 atom stereocenters. The number of carbonyl (C=O) groups excluding carboxylic acids is 1. The van der Waals surface area contributed by atoms with Gasteiger partial charge in [0.25, 0.3) is 5.91 Å². The normalized spacial score (nSPS) is 13.4. The van der Waals surface area contributed by atoms with Crippen molar-refractivity contribution in [3.8, 4) is 0 Å². The quantitative estimate of drug-likeness (QED) is 0.170. The van der Waals surface area contributed by atoms with Crippen LogP contribution in [0, 0.1) is 11.6 Å². The summed E-state index contributed by atoms with van der Waals surface area (Å²) in [5, 5.41) is 5.28. The summed E-state index contributed by atoms with van der Waals surface area (Å²) in [5.74, 6) is -0.768. The van der Waals surface area contributed by atoms with E-state index in [4.69, 9.17) is 11.6 Å². The minimum atomic E-state index is -0.498. The summed E-state index contributed by atoms with van der Waals surface area (Å²) in [4.78, 5) is 24.8. The van der Waals surface area contributed by atoms with Gasteiger partial charge in [0.15, 0.2) is 0 Å². The number of rotatable bonds is 6. The topological polar surface area (TPSA) is 63.9 Å². The maximum absolute atomic E-state index is 15.6. The third-order valence-electron chi connectivity index (χ3n) is 6.79. The minimum absolute atomic E-state index is 0.0258. The second kappa shape index (κ2) is 9.63. The Morgan fingerprint density at radius 1 is 1.16 bits per heavy atom. The standard InChI is InChI=1S/C28H22ClF2N5OS/c1-35-26-19(13-33-35)27(29)34-22-10-15(9-20(31)25(22)26)14-36(23-8-6-18(30)11-24(23)38-2)28(37)17-5-7-21(32-12-17)16-3-4-16/h5-13,16H,3-4,14H2,1-2H3. The lowest BCUT2D eigenvalue weighted by atomic mass is 10.1. The second-order valence-electron chi connectivity index (χ2n) is 9.36. The van der Waals surface area contributed by atoms with Crippen molar-refractivity contribution in [3.63, 3.8) is 0 Å². The number of halogens is 3. The van der Waals surface area contributed by atoms with Crippen molar-refractivity contribution in [2.45, 2.75) is 30.2 Å². The van der Waals surface area contributed by atoms with E-state index in [2.05, 4.69) is 15.1 Å². The monoisotopic (exact) mass is 549 g/mol. The van der Waals surface area contributed by atoms with Gasteiger partial charge in [-0.05, 0) is 67.1 Å². The fourth-order valence-corrected chi connectivity index (χ4v) is 5.59. The molecule has 1 aliphatic rings. The molecule has 0 aliphatic heterocycles. The zero-order valence-electron chi connectivity index (χ0n) is 20.6. The highest BCUT2D eigenvalue weighted by Gasteiger charge is 2.27. The Bertz CT molecular complexity index is 1720. The van der Waals surface area contributed by atoms with E-state index in [1.807, 2.05) is 12.3 Å². The van der Waals surface area contributed by atoms with Crippen LogP contribution in [0.5, 0.6) is 0 Å². The van der Waals surface area contributed by atoms with E-state index >= 15 is 4.39 Å². The van der Waals surface area contributed by atoms with Crippen molar-refractivity contribution in [1.82, 2.24) is 19.7 Å². The van der Waals surface area contributed by atoms with Gasteiger partial charge in [-0.2, -0.15) is 5.10 Å². The molecule has 0 saturated heterocycles. The molecule has 1 fully saturated rings. The molecular weight excluding hydrogens is 528 g/mol. The molecular formula is C28H22ClF2N5OS. The molecule has 38 heavy (non-hydrogen) atoms. The van der Waals surface area contributed by atoms with E-state index in [1.54, 1.807) is 42.3 Å². The molecule has 192 valence electrons. The maximum Gasteiger partial charge on any atom is 0.260 e. The van der Waals surface area contributed by atoms with Gasteiger partial charge in [0, 0.05) is 29.8 Å². The van der Waals surface area contributed by atoms with Gasteiger partial charge >= 0.3 is 0 Å². The molecule has 2 aromatic carbocycles. The number of anilines is 1. The van der Waals surface area contributed by atoms with E-state index in [-0.39, 0.29) is 17.6 Å². The Labute approximate surface area is 226 Å². The first-order valence-corrected chi connectivity index (χ1v) is 13.6. The van der Waals surface area contributed by atoms with Crippen molar-refractivity contribution >= 4 is 56.8 Å². The number of thioether (sulfide) groups is 1. The lowest BCUT2D eigenvalue weighted by molar-refractivity contribution is 0.0984. The predicted molar refractivity (Wildman–Crippen MR) is 146 cm³/mol. The summed E-state index contributed by atoms with van der Waals surface area (Å²) in [6, 6.07) is 11.0. The SMILES string of the molecule is CSc1cc(F)ccc1N(Cc1cc(F)c2c(c1)nc(Cl)c1cnn(C)c12)C(=O)c1ccc(C2CC2)nc1. The van der Waals surface area contributed by atoms with Gasteiger partial charge in [-0.15, -0.1) is 11.8 Å².